The largest absolute Gasteiger partial charge is 0.351 e. The third-order valence-corrected chi connectivity index (χ3v) is 4.80. The van der Waals surface area contributed by atoms with Gasteiger partial charge in [-0.25, -0.2) is 4.98 Å². The van der Waals surface area contributed by atoms with Gasteiger partial charge in [-0.15, -0.1) is 0 Å². The van der Waals surface area contributed by atoms with Crippen molar-refractivity contribution in [2.24, 2.45) is 0 Å². The third kappa shape index (κ3) is 5.44. The van der Waals surface area contributed by atoms with E-state index in [-0.39, 0.29) is 23.3 Å². The number of benzene rings is 1. The van der Waals surface area contributed by atoms with E-state index in [2.05, 4.69) is 34.7 Å². The number of hydrogen-bond donors (Lipinski definition) is 2. The van der Waals surface area contributed by atoms with Crippen molar-refractivity contribution >= 4 is 17.3 Å². The maximum Gasteiger partial charge on any atom is 0.287 e. The van der Waals surface area contributed by atoms with Crippen molar-refractivity contribution in [3.63, 3.8) is 0 Å². The number of amides is 2. The summed E-state index contributed by atoms with van der Waals surface area (Å²) in [6.45, 7) is 3.28. The third-order valence-electron chi connectivity index (χ3n) is 4.80. The second-order valence-electron chi connectivity index (χ2n) is 7.05. The highest BCUT2D eigenvalue weighted by Gasteiger charge is 2.20. The fourth-order valence-corrected chi connectivity index (χ4v) is 3.24. The number of aromatic nitrogens is 2. The van der Waals surface area contributed by atoms with E-state index in [0.29, 0.717) is 18.6 Å². The molecule has 0 aliphatic heterocycles. The van der Waals surface area contributed by atoms with Crippen LogP contribution in [-0.4, -0.2) is 34.3 Å². The fraction of sp³-hybridized carbons (Fsp3) is 0.348. The van der Waals surface area contributed by atoms with Crippen molar-refractivity contribution in [3.8, 4) is 0 Å². The van der Waals surface area contributed by atoms with E-state index in [0.717, 1.165) is 32.1 Å². The van der Waals surface area contributed by atoms with Gasteiger partial charge in [0.05, 0.1) is 5.52 Å². The van der Waals surface area contributed by atoms with Gasteiger partial charge in [-0.3, -0.25) is 14.0 Å². The molecule has 0 radical (unpaired) electrons. The molecule has 2 N–H and O–H groups in total. The Morgan fingerprint density at radius 2 is 1.62 bits per heavy atom. The van der Waals surface area contributed by atoms with Crippen LogP contribution in [-0.2, 0) is 6.42 Å². The SMILES string of the molecule is CCCCCNC(=O)c1nc(C(=O)NCCCc2ccccc2)n2ccccc12. The molecule has 0 aliphatic carbocycles. The highest BCUT2D eigenvalue weighted by Crippen LogP contribution is 2.13. The van der Waals surface area contributed by atoms with Gasteiger partial charge in [-0.1, -0.05) is 56.2 Å². The van der Waals surface area contributed by atoms with E-state index in [1.165, 1.54) is 5.56 Å². The predicted molar refractivity (Wildman–Crippen MR) is 114 cm³/mol. The molecule has 152 valence electrons. The number of fused-ring (bicyclic) bond motifs is 1. The number of carbonyl (C=O) groups is 2. The van der Waals surface area contributed by atoms with E-state index in [4.69, 9.17) is 0 Å². The first-order chi connectivity index (χ1) is 14.2. The van der Waals surface area contributed by atoms with Gasteiger partial charge >= 0.3 is 0 Å². The maximum absolute atomic E-state index is 12.7. The Morgan fingerprint density at radius 1 is 0.897 bits per heavy atom. The van der Waals surface area contributed by atoms with Crippen molar-refractivity contribution in [1.82, 2.24) is 20.0 Å². The molecule has 2 amide bonds. The smallest absolute Gasteiger partial charge is 0.287 e. The molecule has 0 aliphatic rings. The fourth-order valence-electron chi connectivity index (χ4n) is 3.24. The number of pyridine rings is 1. The van der Waals surface area contributed by atoms with Gasteiger partial charge < -0.3 is 10.6 Å². The van der Waals surface area contributed by atoms with Crippen LogP contribution in [0.2, 0.25) is 0 Å². The van der Waals surface area contributed by atoms with Crippen molar-refractivity contribution in [3.05, 3.63) is 71.8 Å². The van der Waals surface area contributed by atoms with E-state index < -0.39 is 0 Å². The lowest BCUT2D eigenvalue weighted by Crippen LogP contribution is -2.27. The minimum Gasteiger partial charge on any atom is -0.351 e. The summed E-state index contributed by atoms with van der Waals surface area (Å²) < 4.78 is 1.67. The van der Waals surface area contributed by atoms with Gasteiger partial charge in [0.25, 0.3) is 11.8 Å². The molecule has 0 fully saturated rings. The van der Waals surface area contributed by atoms with E-state index in [9.17, 15) is 9.59 Å². The number of nitrogens with zero attached hydrogens (tertiary/aromatic N) is 2. The first-order valence-electron chi connectivity index (χ1n) is 10.3. The molecule has 0 spiro atoms. The molecule has 6 nitrogen and oxygen atoms in total. The first-order valence-corrected chi connectivity index (χ1v) is 10.3. The maximum atomic E-state index is 12.7. The van der Waals surface area contributed by atoms with E-state index in [1.54, 1.807) is 16.7 Å². The van der Waals surface area contributed by atoms with Crippen LogP contribution in [0.3, 0.4) is 0 Å². The summed E-state index contributed by atoms with van der Waals surface area (Å²) in [6, 6.07) is 15.6. The minimum absolute atomic E-state index is 0.235. The molecule has 0 saturated carbocycles. The summed E-state index contributed by atoms with van der Waals surface area (Å²) in [7, 11) is 0. The first kappa shape index (κ1) is 20.6. The monoisotopic (exact) mass is 392 g/mol. The Labute approximate surface area is 171 Å². The summed E-state index contributed by atoms with van der Waals surface area (Å²) in [6.07, 6.45) is 6.59. The van der Waals surface area contributed by atoms with Crippen LogP contribution in [0, 0.1) is 0 Å². The van der Waals surface area contributed by atoms with Gasteiger partial charge in [-0.2, -0.15) is 0 Å². The molecule has 2 heterocycles. The molecular formula is C23H28N4O2. The number of rotatable bonds is 10. The topological polar surface area (TPSA) is 75.5 Å². The van der Waals surface area contributed by atoms with Gasteiger partial charge in [0.15, 0.2) is 5.69 Å². The lowest BCUT2D eigenvalue weighted by Gasteiger charge is -2.05. The van der Waals surface area contributed by atoms with Crippen LogP contribution in [0.4, 0.5) is 0 Å². The Kier molecular flexibility index (Phi) is 7.39. The standard InChI is InChI=1S/C23H28N4O2/c1-2-3-8-15-24-22(28)20-19-14-7-9-17-27(19)21(26-20)23(29)25-16-10-13-18-11-5-4-6-12-18/h4-7,9,11-12,14,17H,2-3,8,10,13,15-16H2,1H3,(H,24,28)(H,25,29). The molecule has 0 saturated heterocycles. The van der Waals surface area contributed by atoms with Gasteiger partial charge in [-0.05, 0) is 37.0 Å². The van der Waals surface area contributed by atoms with Crippen LogP contribution >= 0.6 is 0 Å². The highest BCUT2D eigenvalue weighted by molar-refractivity contribution is 6.02. The van der Waals surface area contributed by atoms with Gasteiger partial charge in [0.1, 0.15) is 0 Å². The summed E-state index contributed by atoms with van der Waals surface area (Å²) in [5.41, 5.74) is 2.17. The summed E-state index contributed by atoms with van der Waals surface area (Å²) in [5.74, 6) is -0.281. The Bertz CT molecular complexity index is 950. The van der Waals surface area contributed by atoms with Crippen molar-refractivity contribution in [1.29, 1.82) is 0 Å². The molecule has 2 aromatic heterocycles. The van der Waals surface area contributed by atoms with Crippen molar-refractivity contribution in [2.45, 2.75) is 39.0 Å². The lowest BCUT2D eigenvalue weighted by molar-refractivity contribution is 0.0942. The number of nitrogens with one attached hydrogen (secondary N) is 2. The zero-order chi connectivity index (χ0) is 20.5. The molecule has 0 atom stereocenters. The molecule has 3 rings (SSSR count). The average molecular weight is 393 g/mol. The van der Waals surface area contributed by atoms with Crippen molar-refractivity contribution in [2.75, 3.05) is 13.1 Å². The minimum atomic E-state index is -0.274. The molecular weight excluding hydrogens is 364 g/mol. The van der Waals surface area contributed by atoms with Crippen LogP contribution < -0.4 is 10.6 Å². The molecule has 1 aromatic carbocycles. The van der Waals surface area contributed by atoms with E-state index >= 15 is 0 Å². The van der Waals surface area contributed by atoms with Crippen LogP contribution in [0.25, 0.3) is 5.52 Å². The summed E-state index contributed by atoms with van der Waals surface area (Å²) in [5, 5.41) is 5.82. The van der Waals surface area contributed by atoms with Gasteiger partial charge in [0.2, 0.25) is 5.82 Å². The zero-order valence-corrected chi connectivity index (χ0v) is 16.9. The van der Waals surface area contributed by atoms with Crippen molar-refractivity contribution < 1.29 is 9.59 Å². The quantitative estimate of drug-likeness (QED) is 0.518. The molecule has 3 aromatic rings. The zero-order valence-electron chi connectivity index (χ0n) is 16.9. The summed E-state index contributed by atoms with van der Waals surface area (Å²) >= 11 is 0. The number of aryl methyl sites for hydroxylation is 1. The van der Waals surface area contributed by atoms with Crippen LogP contribution in [0.15, 0.2) is 54.7 Å². The lowest BCUT2D eigenvalue weighted by atomic mass is 10.1. The Hall–Kier alpha value is -3.15. The molecule has 0 bridgehead atoms. The normalized spacial score (nSPS) is 10.8. The second kappa shape index (κ2) is 10.4. The van der Waals surface area contributed by atoms with Crippen LogP contribution in [0.5, 0.6) is 0 Å². The molecule has 29 heavy (non-hydrogen) atoms. The number of unbranched alkanes of at least 4 members (excludes halogenated alkanes) is 2. The number of carbonyl (C=O) groups excluding carboxylic acids is 2. The predicted octanol–water partition coefficient (Wildman–Crippen LogP) is 3.62. The summed E-state index contributed by atoms with van der Waals surface area (Å²) in [4.78, 5) is 29.6. The molecule has 6 heteroatoms. The average Bonchev–Trinajstić information content (AvgIpc) is 3.15. The van der Waals surface area contributed by atoms with Crippen LogP contribution in [0.1, 0.15) is 59.3 Å². The van der Waals surface area contributed by atoms with E-state index in [1.807, 2.05) is 30.3 Å². The Morgan fingerprint density at radius 3 is 2.41 bits per heavy atom. The number of imidazole rings is 1. The molecule has 0 unspecified atom stereocenters. The Balaban J connectivity index is 1.64. The second-order valence-corrected chi connectivity index (χ2v) is 7.05. The highest BCUT2D eigenvalue weighted by atomic mass is 16.2. The number of hydrogen-bond acceptors (Lipinski definition) is 3. The van der Waals surface area contributed by atoms with Gasteiger partial charge in [0, 0.05) is 19.3 Å².